The summed E-state index contributed by atoms with van der Waals surface area (Å²) >= 11 is 12.5. The number of sulfone groups is 2. The Bertz CT molecular complexity index is 2510. The van der Waals surface area contributed by atoms with Crippen molar-refractivity contribution in [3.05, 3.63) is 173 Å². The molecule has 0 fully saturated rings. The van der Waals surface area contributed by atoms with Crippen molar-refractivity contribution in [1.82, 2.24) is 0 Å². The maximum atomic E-state index is 13.3. The highest BCUT2D eigenvalue weighted by Crippen LogP contribution is 2.37. The number of benzene rings is 6. The smallest absolute Gasteiger partial charge is 0.206 e. The number of halogens is 2. The molecule has 6 rings (SSSR count). The molecule has 0 bridgehead atoms. The molecule has 1 unspecified atom stereocenters. The predicted molar refractivity (Wildman–Crippen MR) is 224 cm³/mol. The Kier molecular flexibility index (Phi) is 11.5. The molecule has 0 aliphatic carbocycles. The van der Waals surface area contributed by atoms with Gasteiger partial charge in [0.15, 0.2) is 0 Å². The summed E-state index contributed by atoms with van der Waals surface area (Å²) in [6.07, 6.45) is 0.720. The van der Waals surface area contributed by atoms with E-state index in [2.05, 4.69) is 13.8 Å². The average Bonchev–Trinajstić information content (AvgIpc) is 3.18. The summed E-state index contributed by atoms with van der Waals surface area (Å²) < 4.78 is 65.3. The zero-order chi connectivity index (χ0) is 40.5. The minimum Gasteiger partial charge on any atom is -0.483 e. The molecule has 0 aromatic heterocycles. The molecular weight excluding hydrogens is 784 g/mol. The van der Waals surface area contributed by atoms with E-state index in [1.54, 1.807) is 84.9 Å². The van der Waals surface area contributed by atoms with Crippen molar-refractivity contribution < 1.29 is 26.3 Å². The van der Waals surface area contributed by atoms with Crippen LogP contribution in [0.5, 0.6) is 17.2 Å². The summed E-state index contributed by atoms with van der Waals surface area (Å²) in [4.78, 5) is 0.205. The average molecular weight is 828 g/mol. The molecular formula is C46H44Cl2O6S2. The molecule has 1 atom stereocenters. The van der Waals surface area contributed by atoms with Gasteiger partial charge in [-0.05, 0) is 147 Å². The van der Waals surface area contributed by atoms with Gasteiger partial charge in [0.05, 0.1) is 24.5 Å². The number of alkyl halides is 1. The Morgan fingerprint density at radius 1 is 0.464 bits per heavy atom. The second-order valence-electron chi connectivity index (χ2n) is 14.9. The molecule has 0 aliphatic heterocycles. The highest BCUT2D eigenvalue weighted by Gasteiger charge is 2.27. The van der Waals surface area contributed by atoms with Crippen LogP contribution >= 0.6 is 23.2 Å². The molecule has 6 aromatic rings. The second kappa shape index (κ2) is 15.7. The predicted octanol–water partition coefficient (Wildman–Crippen LogP) is 12.3. The maximum absolute atomic E-state index is 13.3. The van der Waals surface area contributed by atoms with Crippen molar-refractivity contribution in [2.45, 2.75) is 83.4 Å². The molecule has 0 radical (unpaired) electrons. The van der Waals surface area contributed by atoms with E-state index in [4.69, 9.17) is 32.7 Å². The van der Waals surface area contributed by atoms with Crippen LogP contribution in [-0.2, 0) is 35.6 Å². The summed E-state index contributed by atoms with van der Waals surface area (Å²) in [6.45, 7) is 12.1. The zero-order valence-corrected chi connectivity index (χ0v) is 35.2. The van der Waals surface area contributed by atoms with Gasteiger partial charge in [0.2, 0.25) is 19.7 Å². The maximum Gasteiger partial charge on any atom is 0.206 e. The molecule has 10 heteroatoms. The van der Waals surface area contributed by atoms with Crippen LogP contribution in [0.3, 0.4) is 0 Å². The highest BCUT2D eigenvalue weighted by atomic mass is 35.5. The lowest BCUT2D eigenvalue weighted by Gasteiger charge is -2.29. The van der Waals surface area contributed by atoms with Gasteiger partial charge in [-0.2, -0.15) is 0 Å². The molecule has 0 saturated heterocycles. The third-order valence-corrected chi connectivity index (χ3v) is 14.6. The second-order valence-corrected chi connectivity index (χ2v) is 20.1. The first-order chi connectivity index (χ1) is 26.3. The molecule has 6 aromatic carbocycles. The minimum absolute atomic E-state index is 0.177. The molecule has 0 amide bonds. The lowest BCUT2D eigenvalue weighted by atomic mass is 9.78. The summed E-state index contributed by atoms with van der Waals surface area (Å²) in [6, 6.07) is 41.8. The Morgan fingerprint density at radius 3 is 1.20 bits per heavy atom. The fourth-order valence-corrected chi connectivity index (χ4v) is 9.10. The van der Waals surface area contributed by atoms with E-state index in [1.165, 1.54) is 12.1 Å². The van der Waals surface area contributed by atoms with Gasteiger partial charge in [-0.1, -0.05) is 80.9 Å². The molecule has 0 heterocycles. The lowest BCUT2D eigenvalue weighted by molar-refractivity contribution is 0.109. The molecule has 0 saturated carbocycles. The van der Waals surface area contributed by atoms with Crippen molar-refractivity contribution >= 4 is 42.9 Å². The Hall–Kier alpha value is -4.60. The Labute approximate surface area is 340 Å². The SMILES string of the molecule is CCC(C)(Cl)c1ccc(S(=O)(=O)c2ccc(Oc3ccc(C(C)(C)c4ccc(OC(C)(C)c5ccc(S(=O)(=O)c6ccc(Cl)cc6)cc5)cc4)cc3)cc2)cc1. The third kappa shape index (κ3) is 8.69. The van der Waals surface area contributed by atoms with Crippen LogP contribution in [-0.4, -0.2) is 16.8 Å². The van der Waals surface area contributed by atoms with Crippen LogP contribution in [0.4, 0.5) is 0 Å². The van der Waals surface area contributed by atoms with Crippen LogP contribution in [0.25, 0.3) is 0 Å². The van der Waals surface area contributed by atoms with Gasteiger partial charge in [0.1, 0.15) is 22.8 Å². The number of ether oxygens (including phenoxy) is 2. The van der Waals surface area contributed by atoms with Gasteiger partial charge in [-0.15, -0.1) is 11.6 Å². The van der Waals surface area contributed by atoms with E-state index in [-0.39, 0.29) is 25.0 Å². The van der Waals surface area contributed by atoms with Crippen LogP contribution < -0.4 is 9.47 Å². The number of hydrogen-bond donors (Lipinski definition) is 0. The van der Waals surface area contributed by atoms with E-state index in [1.807, 2.05) is 76.2 Å². The molecule has 0 N–H and O–H groups in total. The van der Waals surface area contributed by atoms with Gasteiger partial charge in [-0.25, -0.2) is 16.8 Å². The van der Waals surface area contributed by atoms with Gasteiger partial charge < -0.3 is 9.47 Å². The monoisotopic (exact) mass is 826 g/mol. The van der Waals surface area contributed by atoms with E-state index in [0.717, 1.165) is 28.7 Å². The molecule has 0 aliphatic rings. The quantitative estimate of drug-likeness (QED) is 0.108. The number of rotatable bonds is 13. The van der Waals surface area contributed by atoms with E-state index >= 15 is 0 Å². The molecule has 0 spiro atoms. The zero-order valence-electron chi connectivity index (χ0n) is 32.1. The van der Waals surface area contributed by atoms with Crippen molar-refractivity contribution in [3.8, 4) is 17.2 Å². The van der Waals surface area contributed by atoms with Gasteiger partial charge >= 0.3 is 0 Å². The summed E-state index contributed by atoms with van der Waals surface area (Å²) in [5, 5.41) is 0.472. The fraction of sp³-hybridized carbons (Fsp3) is 0.217. The summed E-state index contributed by atoms with van der Waals surface area (Å²) in [7, 11) is -7.40. The first-order valence-electron chi connectivity index (χ1n) is 18.2. The fourth-order valence-electron chi connectivity index (χ4n) is 6.33. The van der Waals surface area contributed by atoms with Gasteiger partial charge in [-0.3, -0.25) is 0 Å². The minimum atomic E-state index is -3.71. The standard InChI is InChI=1S/C46H44Cl2O6S2/c1-7-46(6,48)35-14-26-41(27-15-35)56(51,52)43-30-22-38(23-31-43)53-37-18-8-32(9-19-37)44(2,3)33-10-20-39(21-11-33)54-45(4,5)34-12-24-40(25-13-34)55(49,50)42-28-16-36(47)17-29-42/h8-31H,7H2,1-6H3. The number of hydrogen-bond acceptors (Lipinski definition) is 6. The molecule has 290 valence electrons. The topological polar surface area (TPSA) is 86.7 Å². The van der Waals surface area contributed by atoms with Crippen molar-refractivity contribution in [2.75, 3.05) is 0 Å². The van der Waals surface area contributed by atoms with Crippen LogP contribution in [0.1, 0.15) is 70.2 Å². The highest BCUT2D eigenvalue weighted by molar-refractivity contribution is 7.91. The van der Waals surface area contributed by atoms with Crippen LogP contribution in [0.2, 0.25) is 5.02 Å². The summed E-state index contributed by atoms with van der Waals surface area (Å²) in [5.41, 5.74) is 2.78. The van der Waals surface area contributed by atoms with Crippen LogP contribution in [0, 0.1) is 0 Å². The largest absolute Gasteiger partial charge is 0.483 e. The van der Waals surface area contributed by atoms with Crippen molar-refractivity contribution in [3.63, 3.8) is 0 Å². The van der Waals surface area contributed by atoms with E-state index < -0.39 is 30.1 Å². The van der Waals surface area contributed by atoms with E-state index in [0.29, 0.717) is 22.3 Å². The normalized spacial score (nSPS) is 13.5. The molecule has 56 heavy (non-hydrogen) atoms. The Balaban J connectivity index is 1.08. The first kappa shape index (κ1) is 41.0. The van der Waals surface area contributed by atoms with Crippen LogP contribution in [0.15, 0.2) is 165 Å². The van der Waals surface area contributed by atoms with Crippen molar-refractivity contribution in [1.29, 1.82) is 0 Å². The Morgan fingerprint density at radius 2 is 0.786 bits per heavy atom. The first-order valence-corrected chi connectivity index (χ1v) is 21.9. The van der Waals surface area contributed by atoms with Crippen molar-refractivity contribution in [2.24, 2.45) is 0 Å². The van der Waals surface area contributed by atoms with E-state index in [9.17, 15) is 16.8 Å². The molecule has 6 nitrogen and oxygen atoms in total. The third-order valence-electron chi connectivity index (χ3n) is 10.3. The lowest BCUT2D eigenvalue weighted by Crippen LogP contribution is -2.25. The summed E-state index contributed by atoms with van der Waals surface area (Å²) in [5.74, 6) is 1.82. The van der Waals surface area contributed by atoms with Gasteiger partial charge in [0.25, 0.3) is 0 Å². The van der Waals surface area contributed by atoms with Gasteiger partial charge in [0, 0.05) is 10.4 Å².